The summed E-state index contributed by atoms with van der Waals surface area (Å²) >= 11 is 0. The zero-order chi connectivity index (χ0) is 13.1. The number of nitrogens with zero attached hydrogens (tertiary/aromatic N) is 2. The topological polar surface area (TPSA) is 43.4 Å². The van der Waals surface area contributed by atoms with Gasteiger partial charge in [-0.15, -0.1) is 0 Å². The maximum atomic E-state index is 5.83. The monoisotopic (exact) mass is 259 g/mol. The predicted molar refractivity (Wildman–Crippen MR) is 77.1 cm³/mol. The summed E-state index contributed by atoms with van der Waals surface area (Å²) in [4.78, 5) is 2.46. The molecule has 2 N–H and O–H groups in total. The number of ether oxygens (including phenoxy) is 1. The zero-order valence-corrected chi connectivity index (χ0v) is 11.2. The minimum atomic E-state index is 0.602. The van der Waals surface area contributed by atoms with Crippen LogP contribution in [0.2, 0.25) is 0 Å². The molecule has 0 saturated carbocycles. The summed E-state index contributed by atoms with van der Waals surface area (Å²) in [7, 11) is 0. The Morgan fingerprint density at radius 3 is 2.68 bits per heavy atom. The van der Waals surface area contributed by atoms with E-state index >= 15 is 0 Å². The highest BCUT2D eigenvalue weighted by Crippen LogP contribution is 2.20. The quantitative estimate of drug-likeness (QED) is 0.903. The molecule has 1 aliphatic rings. The summed E-state index contributed by atoms with van der Waals surface area (Å²) in [5.74, 6) is 0. The average molecular weight is 259 g/mol. The van der Waals surface area contributed by atoms with E-state index in [1.54, 1.807) is 0 Å². The molecule has 1 saturated heterocycles. The predicted octanol–water partition coefficient (Wildman–Crippen LogP) is 1.43. The Morgan fingerprint density at radius 2 is 1.89 bits per heavy atom. The first-order chi connectivity index (χ1) is 9.38. The van der Waals surface area contributed by atoms with Gasteiger partial charge in [-0.05, 0) is 11.6 Å². The van der Waals surface area contributed by atoms with E-state index in [4.69, 9.17) is 10.5 Å². The number of nitrogens with two attached hydrogens (primary N) is 1. The molecule has 4 nitrogen and oxygen atoms in total. The number of para-hydroxylation sites is 1. The molecule has 3 rings (SSSR count). The highest BCUT2D eigenvalue weighted by molar-refractivity contribution is 5.83. The van der Waals surface area contributed by atoms with Gasteiger partial charge in [-0.2, -0.15) is 0 Å². The zero-order valence-electron chi connectivity index (χ0n) is 11.2. The van der Waals surface area contributed by atoms with Crippen molar-refractivity contribution < 1.29 is 4.74 Å². The summed E-state index contributed by atoms with van der Waals surface area (Å²) in [5, 5.41) is 1.28. The Kier molecular flexibility index (Phi) is 3.82. The van der Waals surface area contributed by atoms with Crippen LogP contribution >= 0.6 is 0 Å². The van der Waals surface area contributed by atoms with Crippen LogP contribution in [0, 0.1) is 0 Å². The van der Waals surface area contributed by atoms with Crippen LogP contribution < -0.4 is 5.73 Å². The minimum Gasteiger partial charge on any atom is -0.379 e. The second-order valence-electron chi connectivity index (χ2n) is 5.02. The summed E-state index contributed by atoms with van der Waals surface area (Å²) in [6, 6.07) is 8.50. The molecule has 102 valence electrons. The number of hydrogen-bond donors (Lipinski definition) is 1. The molecule has 0 aliphatic carbocycles. The molecule has 0 bridgehead atoms. The second kappa shape index (κ2) is 5.74. The first kappa shape index (κ1) is 12.7. The van der Waals surface area contributed by atoms with Gasteiger partial charge >= 0.3 is 0 Å². The molecule has 0 amide bonds. The van der Waals surface area contributed by atoms with E-state index in [0.29, 0.717) is 6.54 Å². The summed E-state index contributed by atoms with van der Waals surface area (Å²) in [5.41, 5.74) is 8.35. The number of morpholine rings is 1. The molecule has 19 heavy (non-hydrogen) atoms. The average Bonchev–Trinajstić information content (AvgIpc) is 2.84. The fourth-order valence-electron chi connectivity index (χ4n) is 2.74. The van der Waals surface area contributed by atoms with Crippen LogP contribution in [0.15, 0.2) is 30.5 Å². The van der Waals surface area contributed by atoms with Gasteiger partial charge in [0.25, 0.3) is 0 Å². The molecule has 0 atom stereocenters. The molecule has 0 radical (unpaired) electrons. The Morgan fingerprint density at radius 1 is 1.11 bits per heavy atom. The van der Waals surface area contributed by atoms with Crippen LogP contribution in [0.4, 0.5) is 0 Å². The van der Waals surface area contributed by atoms with Crippen molar-refractivity contribution in [3.8, 4) is 0 Å². The van der Waals surface area contributed by atoms with Gasteiger partial charge in [0.15, 0.2) is 0 Å². The molecular formula is C15H21N3O. The maximum Gasteiger partial charge on any atom is 0.0594 e. The van der Waals surface area contributed by atoms with E-state index < -0.39 is 0 Å². The number of hydrogen-bond acceptors (Lipinski definition) is 3. The molecule has 2 aromatic rings. The number of fused-ring (bicyclic) bond motifs is 1. The fraction of sp³-hybridized carbons (Fsp3) is 0.467. The highest BCUT2D eigenvalue weighted by Gasteiger charge is 2.11. The van der Waals surface area contributed by atoms with Gasteiger partial charge in [0.1, 0.15) is 0 Å². The lowest BCUT2D eigenvalue weighted by molar-refractivity contribution is 0.0365. The molecule has 1 aliphatic heterocycles. The molecule has 4 heteroatoms. The molecule has 1 aromatic carbocycles. The Balaban J connectivity index is 1.76. The lowest BCUT2D eigenvalue weighted by Crippen LogP contribution is -2.38. The largest absolute Gasteiger partial charge is 0.379 e. The molecule has 0 unspecified atom stereocenters. The van der Waals surface area contributed by atoms with Gasteiger partial charge in [0, 0.05) is 49.8 Å². The Bertz CT molecular complexity index is 543. The van der Waals surface area contributed by atoms with Crippen LogP contribution in [0.3, 0.4) is 0 Å². The lowest BCUT2D eigenvalue weighted by atomic mass is 10.2. The Hall–Kier alpha value is -1.36. The molecule has 1 aromatic heterocycles. The number of aromatic nitrogens is 1. The van der Waals surface area contributed by atoms with Crippen LogP contribution in [0.5, 0.6) is 0 Å². The van der Waals surface area contributed by atoms with E-state index in [9.17, 15) is 0 Å². The van der Waals surface area contributed by atoms with Gasteiger partial charge in [0.05, 0.1) is 13.2 Å². The second-order valence-corrected chi connectivity index (χ2v) is 5.02. The summed E-state index contributed by atoms with van der Waals surface area (Å²) in [6.07, 6.45) is 2.20. The molecular weight excluding hydrogens is 238 g/mol. The minimum absolute atomic E-state index is 0.602. The molecule has 1 fully saturated rings. The normalized spacial score (nSPS) is 17.1. The van der Waals surface area contributed by atoms with Crippen molar-refractivity contribution in [2.75, 3.05) is 32.8 Å². The Labute approximate surface area is 113 Å². The van der Waals surface area contributed by atoms with Crippen LogP contribution in [0.1, 0.15) is 5.56 Å². The van der Waals surface area contributed by atoms with Crippen molar-refractivity contribution in [3.05, 3.63) is 36.0 Å². The van der Waals surface area contributed by atoms with Gasteiger partial charge in [0.2, 0.25) is 0 Å². The third-order valence-electron chi connectivity index (χ3n) is 3.85. The highest BCUT2D eigenvalue weighted by atomic mass is 16.5. The number of benzene rings is 1. The standard InChI is InChI=1S/C15H21N3O/c16-11-13-12-18(15-4-2-1-3-14(13)15)6-5-17-7-9-19-10-8-17/h1-4,12H,5-11,16H2. The van der Waals surface area contributed by atoms with Crippen molar-refractivity contribution >= 4 is 10.9 Å². The van der Waals surface area contributed by atoms with E-state index in [1.165, 1.54) is 16.5 Å². The third kappa shape index (κ3) is 2.66. The van der Waals surface area contributed by atoms with Gasteiger partial charge in [-0.1, -0.05) is 18.2 Å². The van der Waals surface area contributed by atoms with E-state index in [0.717, 1.165) is 39.4 Å². The number of rotatable bonds is 4. The smallest absolute Gasteiger partial charge is 0.0594 e. The summed E-state index contributed by atoms with van der Waals surface area (Å²) < 4.78 is 7.70. The van der Waals surface area contributed by atoms with Crippen LogP contribution in [-0.4, -0.2) is 42.3 Å². The van der Waals surface area contributed by atoms with E-state index in [-0.39, 0.29) is 0 Å². The van der Waals surface area contributed by atoms with E-state index in [1.807, 2.05) is 0 Å². The summed E-state index contributed by atoms with van der Waals surface area (Å²) in [6.45, 7) is 6.50. The van der Waals surface area contributed by atoms with Gasteiger partial charge in [-0.25, -0.2) is 0 Å². The van der Waals surface area contributed by atoms with Crippen molar-refractivity contribution in [1.82, 2.24) is 9.47 Å². The van der Waals surface area contributed by atoms with Crippen LogP contribution in [0.25, 0.3) is 10.9 Å². The lowest BCUT2D eigenvalue weighted by Gasteiger charge is -2.26. The van der Waals surface area contributed by atoms with Gasteiger partial charge in [-0.3, -0.25) is 4.90 Å². The first-order valence-electron chi connectivity index (χ1n) is 6.95. The van der Waals surface area contributed by atoms with Crippen molar-refractivity contribution in [1.29, 1.82) is 0 Å². The molecule has 0 spiro atoms. The van der Waals surface area contributed by atoms with Gasteiger partial charge < -0.3 is 15.0 Å². The fourth-order valence-corrected chi connectivity index (χ4v) is 2.74. The molecule has 2 heterocycles. The van der Waals surface area contributed by atoms with Crippen molar-refractivity contribution in [2.24, 2.45) is 5.73 Å². The maximum absolute atomic E-state index is 5.83. The van der Waals surface area contributed by atoms with Crippen LogP contribution in [-0.2, 0) is 17.8 Å². The SMILES string of the molecule is NCc1cn(CCN2CCOCC2)c2ccccc12. The third-order valence-corrected chi connectivity index (χ3v) is 3.85. The van der Waals surface area contributed by atoms with Crippen molar-refractivity contribution in [2.45, 2.75) is 13.1 Å². The van der Waals surface area contributed by atoms with Crippen molar-refractivity contribution in [3.63, 3.8) is 0 Å². The van der Waals surface area contributed by atoms with E-state index in [2.05, 4.69) is 39.9 Å². The first-order valence-corrected chi connectivity index (χ1v) is 6.95.